The molecular weight excluding hydrogens is 122 g/mol. The molecule has 60 valence electrons. The van der Waals surface area contributed by atoms with Crippen molar-refractivity contribution in [1.82, 2.24) is 0 Å². The summed E-state index contributed by atoms with van der Waals surface area (Å²) in [7, 11) is 0. The van der Waals surface area contributed by atoms with Crippen LogP contribution in [0.3, 0.4) is 0 Å². The van der Waals surface area contributed by atoms with Crippen LogP contribution >= 0.6 is 0 Å². The summed E-state index contributed by atoms with van der Waals surface area (Å²) in [6.45, 7) is 10.8. The second kappa shape index (κ2) is 3.75. The molecule has 1 heteroatoms. The van der Waals surface area contributed by atoms with E-state index in [1.54, 1.807) is 0 Å². The van der Waals surface area contributed by atoms with Crippen molar-refractivity contribution in [2.24, 2.45) is 10.4 Å². The molecule has 0 rings (SSSR count). The maximum absolute atomic E-state index is 4.39. The molecule has 0 aromatic carbocycles. The van der Waals surface area contributed by atoms with Crippen molar-refractivity contribution in [2.45, 2.75) is 47.1 Å². The van der Waals surface area contributed by atoms with Gasteiger partial charge in [0, 0.05) is 12.3 Å². The average molecular weight is 141 g/mol. The maximum atomic E-state index is 4.39. The van der Waals surface area contributed by atoms with Crippen LogP contribution < -0.4 is 0 Å². The lowest BCUT2D eigenvalue weighted by molar-refractivity contribution is 0.594. The molecule has 0 N–H and O–H groups in total. The molecule has 0 aliphatic heterocycles. The molecule has 10 heavy (non-hydrogen) atoms. The van der Waals surface area contributed by atoms with Crippen LogP contribution in [0.2, 0.25) is 0 Å². The number of aliphatic imine (C=N–C) groups is 1. The standard InChI is InChI=1S/C9H19N/c1-6-8(2)10-7-9(3,4)5/h7-8H,6H2,1-5H3/b10-7+. The van der Waals surface area contributed by atoms with Gasteiger partial charge in [0.2, 0.25) is 0 Å². The quantitative estimate of drug-likeness (QED) is 0.524. The second-order valence-corrected chi connectivity index (χ2v) is 3.90. The van der Waals surface area contributed by atoms with Gasteiger partial charge < -0.3 is 0 Å². The summed E-state index contributed by atoms with van der Waals surface area (Å²) < 4.78 is 0. The summed E-state index contributed by atoms with van der Waals surface area (Å²) in [5, 5.41) is 0. The minimum absolute atomic E-state index is 0.240. The van der Waals surface area contributed by atoms with Crippen molar-refractivity contribution >= 4 is 6.21 Å². The molecule has 0 aromatic rings. The van der Waals surface area contributed by atoms with Crippen LogP contribution in [0.5, 0.6) is 0 Å². The van der Waals surface area contributed by atoms with Gasteiger partial charge in [0.15, 0.2) is 0 Å². The van der Waals surface area contributed by atoms with Crippen molar-refractivity contribution < 1.29 is 0 Å². The van der Waals surface area contributed by atoms with Gasteiger partial charge in [-0.3, -0.25) is 4.99 Å². The lowest BCUT2D eigenvalue weighted by Crippen LogP contribution is -2.08. The van der Waals surface area contributed by atoms with Crippen LogP contribution in [-0.4, -0.2) is 12.3 Å². The minimum atomic E-state index is 0.240. The summed E-state index contributed by atoms with van der Waals surface area (Å²) in [5.41, 5.74) is 0.240. The SMILES string of the molecule is CCC(C)/N=C/C(C)(C)C. The Labute approximate surface area is 64.6 Å². The molecular formula is C9H19N. The summed E-state index contributed by atoms with van der Waals surface area (Å²) in [4.78, 5) is 4.39. The average Bonchev–Trinajstić information content (AvgIpc) is 1.81. The highest BCUT2D eigenvalue weighted by molar-refractivity contribution is 5.64. The van der Waals surface area contributed by atoms with Crippen molar-refractivity contribution in [3.8, 4) is 0 Å². The van der Waals surface area contributed by atoms with Gasteiger partial charge in [-0.25, -0.2) is 0 Å². The fraction of sp³-hybridized carbons (Fsp3) is 0.889. The van der Waals surface area contributed by atoms with E-state index in [0.717, 1.165) is 6.42 Å². The van der Waals surface area contributed by atoms with Crippen LogP contribution in [0, 0.1) is 5.41 Å². The van der Waals surface area contributed by atoms with Crippen LogP contribution in [0.4, 0.5) is 0 Å². The molecule has 1 atom stereocenters. The number of nitrogens with zero attached hydrogens (tertiary/aromatic N) is 1. The first kappa shape index (κ1) is 9.67. The van der Waals surface area contributed by atoms with Crippen LogP contribution in [-0.2, 0) is 0 Å². The Balaban J connectivity index is 3.75. The third-order valence-electron chi connectivity index (χ3n) is 1.31. The topological polar surface area (TPSA) is 12.4 Å². The molecule has 0 aliphatic rings. The predicted octanol–water partition coefficient (Wildman–Crippen LogP) is 2.90. The third kappa shape index (κ3) is 5.80. The van der Waals surface area contributed by atoms with E-state index in [-0.39, 0.29) is 5.41 Å². The summed E-state index contributed by atoms with van der Waals surface area (Å²) >= 11 is 0. The van der Waals surface area contributed by atoms with E-state index in [1.807, 2.05) is 6.21 Å². The van der Waals surface area contributed by atoms with Crippen molar-refractivity contribution in [1.29, 1.82) is 0 Å². The Morgan fingerprint density at radius 2 is 1.90 bits per heavy atom. The molecule has 1 nitrogen and oxygen atoms in total. The first-order chi connectivity index (χ1) is 4.45. The second-order valence-electron chi connectivity index (χ2n) is 3.90. The Morgan fingerprint density at radius 1 is 1.40 bits per heavy atom. The lowest BCUT2D eigenvalue weighted by atomic mass is 9.99. The van der Waals surface area contributed by atoms with Gasteiger partial charge in [-0.2, -0.15) is 0 Å². The van der Waals surface area contributed by atoms with Crippen molar-refractivity contribution in [2.75, 3.05) is 0 Å². The van der Waals surface area contributed by atoms with Crippen molar-refractivity contribution in [3.63, 3.8) is 0 Å². The highest BCUT2D eigenvalue weighted by Gasteiger charge is 2.05. The predicted molar refractivity (Wildman–Crippen MR) is 47.7 cm³/mol. The van der Waals surface area contributed by atoms with Crippen molar-refractivity contribution in [3.05, 3.63) is 0 Å². The zero-order chi connectivity index (χ0) is 8.20. The molecule has 0 aliphatic carbocycles. The van der Waals surface area contributed by atoms with E-state index in [0.29, 0.717) is 6.04 Å². The zero-order valence-electron chi connectivity index (χ0n) is 7.81. The van der Waals surface area contributed by atoms with E-state index >= 15 is 0 Å². The van der Waals surface area contributed by atoms with Gasteiger partial charge >= 0.3 is 0 Å². The summed E-state index contributed by atoms with van der Waals surface area (Å²) in [5.74, 6) is 0. The maximum Gasteiger partial charge on any atom is 0.0465 e. The molecule has 0 amide bonds. The molecule has 0 radical (unpaired) electrons. The number of rotatable bonds is 2. The van der Waals surface area contributed by atoms with Gasteiger partial charge in [-0.15, -0.1) is 0 Å². The summed E-state index contributed by atoms with van der Waals surface area (Å²) in [6, 6.07) is 0.485. The first-order valence-corrected chi connectivity index (χ1v) is 4.00. The summed E-state index contributed by atoms with van der Waals surface area (Å²) in [6.07, 6.45) is 3.17. The molecule has 0 spiro atoms. The van der Waals surface area contributed by atoms with Crippen LogP contribution in [0.25, 0.3) is 0 Å². The molecule has 0 bridgehead atoms. The van der Waals surface area contributed by atoms with E-state index in [2.05, 4.69) is 39.6 Å². The molecule has 0 aromatic heterocycles. The Hall–Kier alpha value is -0.330. The minimum Gasteiger partial charge on any atom is -0.294 e. The zero-order valence-corrected chi connectivity index (χ0v) is 7.81. The molecule has 0 saturated heterocycles. The van der Waals surface area contributed by atoms with E-state index in [4.69, 9.17) is 0 Å². The van der Waals surface area contributed by atoms with Gasteiger partial charge in [0.25, 0.3) is 0 Å². The molecule has 1 unspecified atom stereocenters. The van der Waals surface area contributed by atoms with E-state index in [1.165, 1.54) is 0 Å². The first-order valence-electron chi connectivity index (χ1n) is 4.00. The van der Waals surface area contributed by atoms with E-state index in [9.17, 15) is 0 Å². The van der Waals surface area contributed by atoms with Crippen LogP contribution in [0.15, 0.2) is 4.99 Å². The van der Waals surface area contributed by atoms with Gasteiger partial charge in [-0.1, -0.05) is 27.7 Å². The van der Waals surface area contributed by atoms with Gasteiger partial charge in [-0.05, 0) is 18.8 Å². The molecule has 0 saturated carbocycles. The Morgan fingerprint density at radius 3 is 2.20 bits per heavy atom. The highest BCUT2D eigenvalue weighted by atomic mass is 14.8. The molecule has 0 heterocycles. The largest absolute Gasteiger partial charge is 0.294 e. The normalized spacial score (nSPS) is 16.1. The third-order valence-corrected chi connectivity index (χ3v) is 1.31. The molecule has 0 fully saturated rings. The Bertz CT molecular complexity index is 108. The lowest BCUT2D eigenvalue weighted by Gasteiger charge is -2.11. The Kier molecular flexibility index (Phi) is 3.62. The highest BCUT2D eigenvalue weighted by Crippen LogP contribution is 2.09. The van der Waals surface area contributed by atoms with E-state index < -0.39 is 0 Å². The fourth-order valence-corrected chi connectivity index (χ4v) is 0.456. The van der Waals surface area contributed by atoms with Crippen LogP contribution in [0.1, 0.15) is 41.0 Å². The van der Waals surface area contributed by atoms with Gasteiger partial charge in [0.1, 0.15) is 0 Å². The monoisotopic (exact) mass is 141 g/mol. The number of hydrogen-bond acceptors (Lipinski definition) is 1. The smallest absolute Gasteiger partial charge is 0.0465 e. The van der Waals surface area contributed by atoms with Gasteiger partial charge in [0.05, 0.1) is 0 Å². The fourth-order valence-electron chi connectivity index (χ4n) is 0.456. The number of hydrogen-bond donors (Lipinski definition) is 0.